The van der Waals surface area contributed by atoms with Gasteiger partial charge in [0.15, 0.2) is 0 Å². The van der Waals surface area contributed by atoms with Gasteiger partial charge in [-0.3, -0.25) is 4.79 Å². The number of aliphatic carboxylic acids is 1. The van der Waals surface area contributed by atoms with Crippen LogP contribution < -0.4 is 0 Å². The molecule has 3 heterocycles. The third-order valence-electron chi connectivity index (χ3n) is 4.88. The molecule has 2 aromatic heterocycles. The minimum Gasteiger partial charge on any atom is -0.481 e. The van der Waals surface area contributed by atoms with Gasteiger partial charge in [-0.15, -0.1) is 0 Å². The van der Waals surface area contributed by atoms with Crippen LogP contribution in [0.5, 0.6) is 0 Å². The zero-order valence-corrected chi connectivity index (χ0v) is 15.7. The number of pyridine rings is 1. The predicted octanol–water partition coefficient (Wildman–Crippen LogP) is 3.14. The number of hydrogen-bond donors (Lipinski definition) is 1. The van der Waals surface area contributed by atoms with Gasteiger partial charge in [0.1, 0.15) is 11.0 Å². The molecule has 0 aliphatic carbocycles. The van der Waals surface area contributed by atoms with Crippen molar-refractivity contribution in [1.29, 1.82) is 0 Å². The van der Waals surface area contributed by atoms with Gasteiger partial charge in [-0.25, -0.2) is 13.0 Å². The number of hydrogen-bond acceptors (Lipinski definition) is 3. The molecule has 0 saturated carbocycles. The normalized spacial score (nSPS) is 16.4. The standard InChI is InChI=1S/C20H21N3O3S/c24-20(25)13-16-14-21-23-11-8-15(12-18(16)23)17-6-2-3-7-19(17)27(26)22-9-4-1-5-10-22/h2-3,6-8,11-12,14H,1,4-5,9-10,13H2,(H,24,25). The first-order chi connectivity index (χ1) is 13.1. The van der Waals surface area contributed by atoms with Crippen molar-refractivity contribution in [2.75, 3.05) is 13.1 Å². The van der Waals surface area contributed by atoms with Crippen LogP contribution in [0.1, 0.15) is 24.8 Å². The number of nitrogens with zero attached hydrogens (tertiary/aromatic N) is 3. The van der Waals surface area contributed by atoms with Gasteiger partial charge in [0.25, 0.3) is 0 Å². The van der Waals surface area contributed by atoms with E-state index in [1.54, 1.807) is 10.7 Å². The molecule has 0 bridgehead atoms. The Morgan fingerprint density at radius 3 is 2.70 bits per heavy atom. The van der Waals surface area contributed by atoms with Gasteiger partial charge in [-0.1, -0.05) is 24.6 Å². The minimum atomic E-state index is -1.20. The van der Waals surface area contributed by atoms with E-state index in [1.165, 1.54) is 6.42 Å². The number of fused-ring (bicyclic) bond motifs is 1. The summed E-state index contributed by atoms with van der Waals surface area (Å²) in [4.78, 5) is 11.9. The summed E-state index contributed by atoms with van der Waals surface area (Å²) >= 11 is 0. The highest BCUT2D eigenvalue weighted by atomic mass is 32.2. The fourth-order valence-electron chi connectivity index (χ4n) is 3.53. The highest BCUT2D eigenvalue weighted by molar-refractivity contribution is 7.82. The Morgan fingerprint density at radius 1 is 1.15 bits per heavy atom. The second kappa shape index (κ2) is 7.62. The lowest BCUT2D eigenvalue weighted by Gasteiger charge is -2.26. The molecule has 1 aromatic carbocycles. The first kappa shape index (κ1) is 17.9. The molecule has 0 spiro atoms. The molecule has 1 unspecified atom stereocenters. The van der Waals surface area contributed by atoms with Crippen LogP contribution in [-0.4, -0.2) is 42.3 Å². The lowest BCUT2D eigenvalue weighted by molar-refractivity contribution is -0.136. The lowest BCUT2D eigenvalue weighted by atomic mass is 10.1. The highest BCUT2D eigenvalue weighted by Crippen LogP contribution is 2.30. The molecule has 4 rings (SSSR count). The molecule has 0 amide bonds. The van der Waals surface area contributed by atoms with E-state index in [0.717, 1.165) is 47.5 Å². The van der Waals surface area contributed by atoms with E-state index in [2.05, 4.69) is 5.10 Å². The van der Waals surface area contributed by atoms with Gasteiger partial charge in [0, 0.05) is 24.8 Å². The molecule has 1 atom stereocenters. The Kier molecular flexibility index (Phi) is 5.05. The molecule has 1 aliphatic rings. The van der Waals surface area contributed by atoms with Crippen molar-refractivity contribution < 1.29 is 14.1 Å². The van der Waals surface area contributed by atoms with E-state index in [9.17, 15) is 9.00 Å². The molecular formula is C20H21N3O3S. The van der Waals surface area contributed by atoms with E-state index in [0.29, 0.717) is 5.56 Å². The van der Waals surface area contributed by atoms with E-state index in [-0.39, 0.29) is 6.42 Å². The molecule has 1 N–H and O–H groups in total. The van der Waals surface area contributed by atoms with Crippen LogP contribution in [0.4, 0.5) is 0 Å². The van der Waals surface area contributed by atoms with Gasteiger partial charge in [-0.2, -0.15) is 5.10 Å². The van der Waals surface area contributed by atoms with Crippen molar-refractivity contribution in [2.24, 2.45) is 0 Å². The Labute approximate surface area is 160 Å². The topological polar surface area (TPSA) is 74.9 Å². The number of rotatable bonds is 5. The van der Waals surface area contributed by atoms with Crippen LogP contribution >= 0.6 is 0 Å². The Bertz CT molecular complexity index is 1010. The quantitative estimate of drug-likeness (QED) is 0.734. The summed E-state index contributed by atoms with van der Waals surface area (Å²) in [7, 11) is -1.20. The molecule has 1 saturated heterocycles. The number of piperidine rings is 1. The van der Waals surface area contributed by atoms with Crippen molar-refractivity contribution in [3.8, 4) is 11.1 Å². The van der Waals surface area contributed by atoms with Crippen molar-refractivity contribution in [1.82, 2.24) is 13.9 Å². The summed E-state index contributed by atoms with van der Waals surface area (Å²) in [6, 6.07) is 11.6. The van der Waals surface area contributed by atoms with Gasteiger partial charge >= 0.3 is 5.97 Å². The number of carbonyl (C=O) groups is 1. The average Bonchev–Trinajstić information content (AvgIpc) is 3.09. The highest BCUT2D eigenvalue weighted by Gasteiger charge is 2.21. The van der Waals surface area contributed by atoms with E-state index in [1.807, 2.05) is 46.9 Å². The second-order valence-corrected chi connectivity index (χ2v) is 8.18. The molecule has 140 valence electrons. The first-order valence-electron chi connectivity index (χ1n) is 9.08. The van der Waals surface area contributed by atoms with Crippen LogP contribution in [0, 0.1) is 0 Å². The second-order valence-electron chi connectivity index (χ2n) is 6.72. The molecular weight excluding hydrogens is 362 g/mol. The molecule has 1 aliphatic heterocycles. The van der Waals surface area contributed by atoms with Crippen molar-refractivity contribution in [3.05, 3.63) is 54.4 Å². The summed E-state index contributed by atoms with van der Waals surface area (Å²) in [5.41, 5.74) is 3.24. The predicted molar refractivity (Wildman–Crippen MR) is 104 cm³/mol. The van der Waals surface area contributed by atoms with Crippen LogP contribution in [-0.2, 0) is 22.2 Å². The van der Waals surface area contributed by atoms with Gasteiger partial charge in [0.2, 0.25) is 0 Å². The first-order valence-corrected chi connectivity index (χ1v) is 10.2. The van der Waals surface area contributed by atoms with Gasteiger partial charge in [-0.05, 0) is 42.2 Å². The van der Waals surface area contributed by atoms with Crippen molar-refractivity contribution in [2.45, 2.75) is 30.6 Å². The smallest absolute Gasteiger partial charge is 0.307 e. The number of carboxylic acids is 1. The van der Waals surface area contributed by atoms with Gasteiger partial charge < -0.3 is 5.11 Å². The lowest BCUT2D eigenvalue weighted by Crippen LogP contribution is -2.31. The summed E-state index contributed by atoms with van der Waals surface area (Å²) in [5.74, 6) is -0.887. The van der Waals surface area contributed by atoms with E-state index in [4.69, 9.17) is 5.11 Å². The van der Waals surface area contributed by atoms with Crippen LogP contribution in [0.3, 0.4) is 0 Å². The molecule has 6 nitrogen and oxygen atoms in total. The SMILES string of the molecule is O=C(O)Cc1cnn2ccc(-c3ccccc3S(=O)N3CCCCC3)cc12. The summed E-state index contributed by atoms with van der Waals surface area (Å²) in [5, 5.41) is 13.3. The van der Waals surface area contributed by atoms with Crippen molar-refractivity contribution >= 4 is 22.5 Å². The van der Waals surface area contributed by atoms with E-state index < -0.39 is 17.0 Å². The third-order valence-corrected chi connectivity index (χ3v) is 6.45. The van der Waals surface area contributed by atoms with Crippen LogP contribution in [0.25, 0.3) is 16.6 Å². The summed E-state index contributed by atoms with van der Waals surface area (Å²) in [6.07, 6.45) is 6.68. The maximum Gasteiger partial charge on any atom is 0.307 e. The largest absolute Gasteiger partial charge is 0.481 e. The summed E-state index contributed by atoms with van der Waals surface area (Å²) in [6.45, 7) is 1.71. The monoisotopic (exact) mass is 383 g/mol. The zero-order valence-electron chi connectivity index (χ0n) is 14.9. The van der Waals surface area contributed by atoms with Crippen LogP contribution in [0.2, 0.25) is 0 Å². The number of benzene rings is 1. The fraction of sp³-hybridized carbons (Fsp3) is 0.300. The minimum absolute atomic E-state index is 0.0751. The fourth-order valence-corrected chi connectivity index (χ4v) is 4.96. The molecule has 0 radical (unpaired) electrons. The van der Waals surface area contributed by atoms with Crippen LogP contribution in [0.15, 0.2) is 53.7 Å². The summed E-state index contributed by atoms with van der Waals surface area (Å²) < 4.78 is 16.9. The van der Waals surface area contributed by atoms with Crippen molar-refractivity contribution in [3.63, 3.8) is 0 Å². The Hall–Kier alpha value is -2.51. The average molecular weight is 383 g/mol. The Balaban J connectivity index is 1.75. The maximum atomic E-state index is 13.2. The molecule has 1 fully saturated rings. The van der Waals surface area contributed by atoms with E-state index >= 15 is 0 Å². The number of carboxylic acid groups (broad SMARTS) is 1. The molecule has 27 heavy (non-hydrogen) atoms. The maximum absolute atomic E-state index is 13.2. The third kappa shape index (κ3) is 3.65. The zero-order chi connectivity index (χ0) is 18.8. The van der Waals surface area contributed by atoms with Gasteiger partial charge in [0.05, 0.1) is 23.0 Å². The number of aromatic nitrogens is 2. The molecule has 3 aromatic rings. The Morgan fingerprint density at radius 2 is 1.93 bits per heavy atom. The molecule has 7 heteroatoms.